The van der Waals surface area contributed by atoms with Crippen LogP contribution < -0.4 is 0 Å². The van der Waals surface area contributed by atoms with Gasteiger partial charge in [-0.3, -0.25) is 9.59 Å². The highest BCUT2D eigenvalue weighted by Gasteiger charge is 2.47. The molecule has 0 saturated carbocycles. The van der Waals surface area contributed by atoms with Gasteiger partial charge in [0.15, 0.2) is 21.4 Å². The second kappa shape index (κ2) is 6.40. The minimum atomic E-state index is -3.52. The Morgan fingerprint density at radius 3 is 2.39 bits per heavy atom. The van der Waals surface area contributed by atoms with E-state index >= 15 is 0 Å². The third-order valence-corrected chi connectivity index (χ3v) is 8.92. The summed E-state index contributed by atoms with van der Waals surface area (Å²) >= 11 is 0. The molecule has 8 heteroatoms. The molecule has 3 N–H and O–H groups in total. The van der Waals surface area contributed by atoms with Crippen LogP contribution in [0.15, 0.2) is 22.6 Å². The monoisotopic (exact) mass is 442 g/mol. The molecule has 0 aromatic heterocycles. The van der Waals surface area contributed by atoms with Crippen molar-refractivity contribution in [3.63, 3.8) is 0 Å². The molecule has 31 heavy (non-hydrogen) atoms. The van der Waals surface area contributed by atoms with Gasteiger partial charge in [-0.15, -0.1) is 0 Å². The highest BCUT2D eigenvalue weighted by Crippen LogP contribution is 2.51. The van der Waals surface area contributed by atoms with Crippen molar-refractivity contribution in [2.75, 3.05) is 5.75 Å². The van der Waals surface area contributed by atoms with Crippen molar-refractivity contribution in [3.05, 3.63) is 40.0 Å². The lowest BCUT2D eigenvalue weighted by molar-refractivity contribution is 0.0710. The largest absolute Gasteiger partial charge is 0.507 e. The van der Waals surface area contributed by atoms with E-state index < -0.39 is 45.1 Å². The zero-order valence-corrected chi connectivity index (χ0v) is 17.9. The first kappa shape index (κ1) is 20.2. The molecule has 0 bridgehead atoms. The summed E-state index contributed by atoms with van der Waals surface area (Å²) in [6, 6.07) is 1.46. The fourth-order valence-corrected chi connectivity index (χ4v) is 7.32. The van der Waals surface area contributed by atoms with Gasteiger partial charge in [0.1, 0.15) is 11.5 Å². The maximum absolute atomic E-state index is 13.4. The molecule has 2 aromatic carbocycles. The van der Waals surface area contributed by atoms with Crippen LogP contribution in [0.5, 0.6) is 11.5 Å². The Morgan fingerprint density at radius 1 is 1.06 bits per heavy atom. The second-order valence-corrected chi connectivity index (χ2v) is 10.8. The van der Waals surface area contributed by atoms with Gasteiger partial charge in [0.05, 0.1) is 27.9 Å². The fraction of sp³-hybridized carbons (Fsp3) is 0.391. The maximum atomic E-state index is 13.4. The summed E-state index contributed by atoms with van der Waals surface area (Å²) in [7, 11) is -3.52. The van der Waals surface area contributed by atoms with E-state index in [4.69, 9.17) is 0 Å². The maximum Gasteiger partial charge on any atom is 0.179 e. The van der Waals surface area contributed by atoms with Crippen molar-refractivity contribution in [2.45, 2.75) is 44.1 Å². The van der Waals surface area contributed by atoms with Crippen LogP contribution in [-0.4, -0.2) is 47.2 Å². The molecule has 162 valence electrons. The predicted octanol–water partition coefficient (Wildman–Crippen LogP) is 2.60. The summed E-state index contributed by atoms with van der Waals surface area (Å²) in [5.74, 6) is -3.22. The lowest BCUT2D eigenvalue weighted by atomic mass is 9.66. The third kappa shape index (κ3) is 2.58. The summed E-state index contributed by atoms with van der Waals surface area (Å²) in [5.41, 5.74) is 1.05. The number of sulfone groups is 1. The number of hydrogen-bond donors (Lipinski definition) is 3. The number of Topliss-reactive ketones (excluding diaryl/α,β-unsaturated/α-hetero) is 2. The van der Waals surface area contributed by atoms with Gasteiger partial charge in [-0.2, -0.15) is 0 Å². The van der Waals surface area contributed by atoms with Gasteiger partial charge in [0, 0.05) is 22.6 Å². The minimum absolute atomic E-state index is 0.111. The summed E-state index contributed by atoms with van der Waals surface area (Å²) in [6.07, 6.45) is 1.65. The molecule has 1 aliphatic heterocycles. The molecule has 0 spiro atoms. The SMILES string of the molecule is Cc1cc2c(O)c3c(c(O)c2c2c1S(=O)(=O)CC2)C(=O)[C@@H]1CC([C@H](C)O)=CC[C@@H]1C3=O. The van der Waals surface area contributed by atoms with Crippen LogP contribution in [0.1, 0.15) is 51.6 Å². The third-order valence-electron chi connectivity index (χ3n) is 6.99. The lowest BCUT2D eigenvalue weighted by Crippen LogP contribution is -2.39. The normalized spacial score (nSPS) is 25.1. The molecule has 5 rings (SSSR count). The first-order chi connectivity index (χ1) is 14.5. The van der Waals surface area contributed by atoms with E-state index in [2.05, 4.69) is 0 Å². The number of phenols is 2. The number of allylic oxidation sites excluding steroid dienone is 1. The zero-order valence-electron chi connectivity index (χ0n) is 17.1. The van der Waals surface area contributed by atoms with Crippen molar-refractivity contribution in [3.8, 4) is 11.5 Å². The molecule has 1 heterocycles. The van der Waals surface area contributed by atoms with E-state index in [0.29, 0.717) is 16.7 Å². The van der Waals surface area contributed by atoms with E-state index in [1.165, 1.54) is 6.07 Å². The Bertz CT molecular complexity index is 1350. The average Bonchev–Trinajstić information content (AvgIpc) is 3.04. The van der Waals surface area contributed by atoms with Crippen LogP contribution in [0.3, 0.4) is 0 Å². The van der Waals surface area contributed by atoms with E-state index in [-0.39, 0.29) is 57.6 Å². The quantitative estimate of drug-likeness (QED) is 0.457. The van der Waals surface area contributed by atoms with Gasteiger partial charge in [-0.05, 0) is 55.9 Å². The highest BCUT2D eigenvalue weighted by molar-refractivity contribution is 7.91. The summed E-state index contributed by atoms with van der Waals surface area (Å²) in [6.45, 7) is 3.21. The van der Waals surface area contributed by atoms with Crippen LogP contribution in [0.2, 0.25) is 0 Å². The van der Waals surface area contributed by atoms with Gasteiger partial charge in [-0.25, -0.2) is 8.42 Å². The van der Waals surface area contributed by atoms with Gasteiger partial charge < -0.3 is 15.3 Å². The van der Waals surface area contributed by atoms with Crippen LogP contribution in [0.4, 0.5) is 0 Å². The number of phenolic OH excluding ortho intramolecular Hbond substituents is 2. The number of benzene rings is 2. The first-order valence-electron chi connectivity index (χ1n) is 10.3. The molecule has 2 aliphatic carbocycles. The highest BCUT2D eigenvalue weighted by atomic mass is 32.2. The number of ketones is 2. The number of rotatable bonds is 1. The first-order valence-corrected chi connectivity index (χ1v) is 11.9. The predicted molar refractivity (Wildman–Crippen MR) is 112 cm³/mol. The van der Waals surface area contributed by atoms with Crippen molar-refractivity contribution in [2.24, 2.45) is 11.8 Å². The van der Waals surface area contributed by atoms with Crippen molar-refractivity contribution in [1.82, 2.24) is 0 Å². The molecule has 0 radical (unpaired) electrons. The summed E-state index contributed by atoms with van der Waals surface area (Å²) in [5, 5.41) is 32.4. The Labute approximate surface area is 178 Å². The summed E-state index contributed by atoms with van der Waals surface area (Å²) in [4.78, 5) is 26.9. The van der Waals surface area contributed by atoms with E-state index in [1.807, 2.05) is 0 Å². The number of fused-ring (bicyclic) bond motifs is 5. The molecule has 0 unspecified atom stereocenters. The van der Waals surface area contributed by atoms with Crippen LogP contribution >= 0.6 is 0 Å². The van der Waals surface area contributed by atoms with Crippen LogP contribution in [-0.2, 0) is 16.3 Å². The Balaban J connectivity index is 1.82. The summed E-state index contributed by atoms with van der Waals surface area (Å²) < 4.78 is 25.0. The Kier molecular flexibility index (Phi) is 4.17. The number of aryl methyl sites for hydroxylation is 2. The number of aromatic hydroxyl groups is 2. The number of aliphatic hydroxyl groups excluding tert-OH is 1. The van der Waals surface area contributed by atoms with Crippen molar-refractivity contribution >= 4 is 32.2 Å². The Hall–Kier alpha value is -2.71. The standard InChI is InChI=1S/C23H22O7S/c1-9-7-15-16(13-5-6-31(29,30)23(9)13)22(28)18-17(21(15)27)19(25)12-4-3-11(10(2)24)8-14(12)20(18)26/h3,7,10,12,14,24,27-28H,4-6,8H2,1-2H3/t10-,12-,14+/m0/s1. The molecule has 0 saturated heterocycles. The minimum Gasteiger partial charge on any atom is -0.507 e. The number of carbonyl (C=O) groups excluding carboxylic acids is 2. The molecular weight excluding hydrogens is 420 g/mol. The lowest BCUT2D eigenvalue weighted by Gasteiger charge is -2.35. The average molecular weight is 442 g/mol. The van der Waals surface area contributed by atoms with E-state index in [9.17, 15) is 33.3 Å². The van der Waals surface area contributed by atoms with E-state index in [0.717, 1.165) is 0 Å². The van der Waals surface area contributed by atoms with Crippen LogP contribution in [0.25, 0.3) is 10.8 Å². The smallest absolute Gasteiger partial charge is 0.179 e. The molecule has 3 aliphatic rings. The van der Waals surface area contributed by atoms with Gasteiger partial charge in [0.25, 0.3) is 0 Å². The second-order valence-electron chi connectivity index (χ2n) is 8.78. The number of aliphatic hydroxyl groups is 1. The zero-order chi connectivity index (χ0) is 22.4. The number of carbonyl (C=O) groups is 2. The van der Waals surface area contributed by atoms with Crippen molar-refractivity contribution in [1.29, 1.82) is 0 Å². The van der Waals surface area contributed by atoms with Crippen molar-refractivity contribution < 1.29 is 33.3 Å². The van der Waals surface area contributed by atoms with Gasteiger partial charge >= 0.3 is 0 Å². The molecule has 3 atom stereocenters. The number of hydrogen-bond acceptors (Lipinski definition) is 7. The molecule has 0 amide bonds. The molecular formula is C23H22O7S. The van der Waals surface area contributed by atoms with Gasteiger partial charge in [0.2, 0.25) is 0 Å². The van der Waals surface area contributed by atoms with E-state index in [1.54, 1.807) is 19.9 Å². The van der Waals surface area contributed by atoms with Gasteiger partial charge in [-0.1, -0.05) is 6.08 Å². The molecule has 2 aromatic rings. The molecule has 7 nitrogen and oxygen atoms in total. The van der Waals surface area contributed by atoms with Crippen LogP contribution in [0, 0.1) is 18.8 Å². The fourth-order valence-electron chi connectivity index (χ4n) is 5.51. The topological polar surface area (TPSA) is 129 Å². The Morgan fingerprint density at radius 2 is 1.71 bits per heavy atom. The molecule has 0 fully saturated rings.